The topological polar surface area (TPSA) is 86.8 Å². The summed E-state index contributed by atoms with van der Waals surface area (Å²) in [5.74, 6) is -0.254. The summed E-state index contributed by atoms with van der Waals surface area (Å²) in [7, 11) is -7.27. The van der Waals surface area contributed by atoms with Crippen molar-refractivity contribution < 1.29 is 16.8 Å². The maximum absolute atomic E-state index is 12.7. The molecule has 0 atom stereocenters. The molecule has 0 saturated carbocycles. The summed E-state index contributed by atoms with van der Waals surface area (Å²) < 4.78 is 54.3. The highest BCUT2D eigenvalue weighted by atomic mass is 32.2. The minimum Gasteiger partial charge on any atom is -0.296 e. The van der Waals surface area contributed by atoms with Crippen molar-refractivity contribution in [1.29, 1.82) is 0 Å². The van der Waals surface area contributed by atoms with Crippen LogP contribution in [0.2, 0.25) is 0 Å². The third-order valence-corrected chi connectivity index (χ3v) is 8.73. The van der Waals surface area contributed by atoms with Crippen LogP contribution in [0.5, 0.6) is 0 Å². The van der Waals surface area contributed by atoms with Crippen LogP contribution in [0.4, 0.5) is 0 Å². The number of benzene rings is 2. The molecule has 0 bridgehead atoms. The van der Waals surface area contributed by atoms with E-state index < -0.39 is 20.0 Å². The molecule has 30 heavy (non-hydrogen) atoms. The van der Waals surface area contributed by atoms with Crippen molar-refractivity contribution in [2.75, 3.05) is 38.5 Å². The Morgan fingerprint density at radius 2 is 1.57 bits per heavy atom. The Morgan fingerprint density at radius 1 is 0.900 bits per heavy atom. The van der Waals surface area contributed by atoms with E-state index in [-0.39, 0.29) is 17.2 Å². The molecule has 1 fully saturated rings. The fourth-order valence-corrected chi connectivity index (χ4v) is 6.34. The second-order valence-electron chi connectivity index (χ2n) is 7.64. The van der Waals surface area contributed by atoms with Gasteiger partial charge in [-0.2, -0.15) is 4.31 Å². The van der Waals surface area contributed by atoms with Gasteiger partial charge in [0.05, 0.1) is 10.6 Å². The third kappa shape index (κ3) is 5.89. The molecule has 9 heteroatoms. The van der Waals surface area contributed by atoms with E-state index in [2.05, 4.69) is 21.8 Å². The number of nitrogens with one attached hydrogen (secondary N) is 1. The van der Waals surface area contributed by atoms with Gasteiger partial charge >= 0.3 is 0 Å². The number of nitrogens with zero attached hydrogens (tertiary/aromatic N) is 2. The van der Waals surface area contributed by atoms with E-state index in [4.69, 9.17) is 0 Å². The van der Waals surface area contributed by atoms with Crippen LogP contribution in [0, 0.1) is 13.8 Å². The molecular weight excluding hydrogens is 422 g/mol. The fraction of sp³-hybridized carbons (Fsp3) is 0.429. The number of rotatable bonds is 8. The lowest BCUT2D eigenvalue weighted by molar-refractivity contribution is 0.181. The summed E-state index contributed by atoms with van der Waals surface area (Å²) in [6.45, 7) is 6.33. The van der Waals surface area contributed by atoms with E-state index in [0.29, 0.717) is 31.7 Å². The van der Waals surface area contributed by atoms with E-state index in [1.807, 2.05) is 31.2 Å². The summed E-state index contributed by atoms with van der Waals surface area (Å²) >= 11 is 0. The first kappa shape index (κ1) is 22.9. The Labute approximate surface area is 179 Å². The van der Waals surface area contributed by atoms with Crippen LogP contribution in [-0.2, 0) is 26.6 Å². The average Bonchev–Trinajstić information content (AvgIpc) is 2.70. The molecule has 1 aliphatic rings. The SMILES string of the molecule is Cc1ccc(C)c(S(=O)(=O)NCCS(=O)(=O)N2CCN(Cc3ccccc3)CC2)c1. The van der Waals surface area contributed by atoms with E-state index in [1.165, 1.54) is 9.87 Å². The molecule has 3 rings (SSSR count). The standard InChI is InChI=1S/C21H29N3O4S2/c1-18-8-9-19(2)21(16-18)30(27,28)22-10-15-29(25,26)24-13-11-23(12-14-24)17-20-6-4-3-5-7-20/h3-9,16,22H,10-15,17H2,1-2H3. The van der Waals surface area contributed by atoms with Crippen LogP contribution in [0.3, 0.4) is 0 Å². The minimum atomic E-state index is -3.75. The molecule has 0 aromatic heterocycles. The van der Waals surface area contributed by atoms with Gasteiger partial charge in [0.25, 0.3) is 0 Å². The molecule has 0 aliphatic carbocycles. The molecular formula is C21H29N3O4S2. The van der Waals surface area contributed by atoms with Crippen molar-refractivity contribution in [2.24, 2.45) is 0 Å². The van der Waals surface area contributed by atoms with Crippen molar-refractivity contribution in [3.63, 3.8) is 0 Å². The lowest BCUT2D eigenvalue weighted by atomic mass is 10.2. The predicted molar refractivity (Wildman–Crippen MR) is 118 cm³/mol. The zero-order valence-corrected chi connectivity index (χ0v) is 19.0. The van der Waals surface area contributed by atoms with E-state index in [0.717, 1.165) is 12.1 Å². The number of aryl methyl sites for hydroxylation is 2. The van der Waals surface area contributed by atoms with Gasteiger partial charge in [0.15, 0.2) is 0 Å². The van der Waals surface area contributed by atoms with Crippen LogP contribution < -0.4 is 4.72 Å². The van der Waals surface area contributed by atoms with Crippen LogP contribution in [-0.4, -0.2) is 64.5 Å². The molecule has 1 heterocycles. The smallest absolute Gasteiger partial charge is 0.240 e. The van der Waals surface area contributed by atoms with Gasteiger partial charge in [0.2, 0.25) is 20.0 Å². The van der Waals surface area contributed by atoms with Gasteiger partial charge in [-0.15, -0.1) is 0 Å². The second-order valence-corrected chi connectivity index (χ2v) is 11.5. The number of hydrogen-bond acceptors (Lipinski definition) is 5. The summed E-state index contributed by atoms with van der Waals surface area (Å²) in [4.78, 5) is 2.42. The van der Waals surface area contributed by atoms with Gasteiger partial charge in [-0.05, 0) is 36.6 Å². The summed E-state index contributed by atoms with van der Waals surface area (Å²) in [6.07, 6.45) is 0. The van der Waals surface area contributed by atoms with Crippen molar-refractivity contribution in [2.45, 2.75) is 25.3 Å². The number of piperazine rings is 1. The molecule has 1 N–H and O–H groups in total. The Balaban J connectivity index is 1.51. The maximum Gasteiger partial charge on any atom is 0.240 e. The lowest BCUT2D eigenvalue weighted by Crippen LogP contribution is -2.49. The van der Waals surface area contributed by atoms with Gasteiger partial charge in [0.1, 0.15) is 0 Å². The summed E-state index contributed by atoms with van der Waals surface area (Å²) in [5.41, 5.74) is 2.67. The first-order valence-electron chi connectivity index (χ1n) is 9.98. The molecule has 2 aromatic rings. The normalized spacial score (nSPS) is 16.6. The first-order chi connectivity index (χ1) is 14.2. The van der Waals surface area contributed by atoms with Gasteiger partial charge in [0, 0.05) is 39.3 Å². The molecule has 7 nitrogen and oxygen atoms in total. The molecule has 0 amide bonds. The highest BCUT2D eigenvalue weighted by Crippen LogP contribution is 2.17. The number of sulfonamides is 2. The fourth-order valence-electron chi connectivity index (χ4n) is 3.52. The van der Waals surface area contributed by atoms with Gasteiger partial charge in [-0.3, -0.25) is 4.90 Å². The molecule has 0 spiro atoms. The monoisotopic (exact) mass is 451 g/mol. The van der Waals surface area contributed by atoms with Crippen molar-refractivity contribution in [3.8, 4) is 0 Å². The summed E-state index contributed by atoms with van der Waals surface area (Å²) in [6, 6.07) is 15.3. The summed E-state index contributed by atoms with van der Waals surface area (Å²) in [5, 5.41) is 0. The Hall–Kier alpha value is -1.78. The van der Waals surface area contributed by atoms with E-state index in [9.17, 15) is 16.8 Å². The van der Waals surface area contributed by atoms with Gasteiger partial charge in [-0.25, -0.2) is 21.6 Å². The number of hydrogen-bond donors (Lipinski definition) is 1. The minimum absolute atomic E-state index is 0.151. The molecule has 1 aliphatic heterocycles. The predicted octanol–water partition coefficient (Wildman–Crippen LogP) is 1.73. The van der Waals surface area contributed by atoms with Crippen LogP contribution in [0.25, 0.3) is 0 Å². The van der Waals surface area contributed by atoms with E-state index >= 15 is 0 Å². The van der Waals surface area contributed by atoms with Gasteiger partial charge < -0.3 is 0 Å². The first-order valence-corrected chi connectivity index (χ1v) is 13.1. The second kappa shape index (κ2) is 9.57. The van der Waals surface area contributed by atoms with Crippen molar-refractivity contribution >= 4 is 20.0 Å². The van der Waals surface area contributed by atoms with E-state index in [1.54, 1.807) is 19.1 Å². The Bertz CT molecular complexity index is 1060. The zero-order chi connectivity index (χ0) is 21.8. The van der Waals surface area contributed by atoms with Crippen LogP contribution in [0.1, 0.15) is 16.7 Å². The van der Waals surface area contributed by atoms with Gasteiger partial charge in [-0.1, -0.05) is 42.5 Å². The molecule has 1 saturated heterocycles. The average molecular weight is 452 g/mol. The van der Waals surface area contributed by atoms with Crippen molar-refractivity contribution in [3.05, 3.63) is 65.2 Å². The maximum atomic E-state index is 12.7. The molecule has 164 valence electrons. The molecule has 0 radical (unpaired) electrons. The molecule has 2 aromatic carbocycles. The molecule has 0 unspecified atom stereocenters. The van der Waals surface area contributed by atoms with Crippen LogP contribution in [0.15, 0.2) is 53.4 Å². The quantitative estimate of drug-likeness (QED) is 0.661. The Morgan fingerprint density at radius 3 is 2.23 bits per heavy atom. The van der Waals surface area contributed by atoms with Crippen molar-refractivity contribution in [1.82, 2.24) is 13.9 Å². The highest BCUT2D eigenvalue weighted by Gasteiger charge is 2.27. The zero-order valence-electron chi connectivity index (χ0n) is 17.4. The lowest BCUT2D eigenvalue weighted by Gasteiger charge is -2.34. The Kier molecular flexibility index (Phi) is 7.30. The largest absolute Gasteiger partial charge is 0.296 e. The van der Waals surface area contributed by atoms with Crippen LogP contribution >= 0.6 is 0 Å². The third-order valence-electron chi connectivity index (χ3n) is 5.26. The highest BCUT2D eigenvalue weighted by molar-refractivity contribution is 7.90.